The van der Waals surface area contributed by atoms with Crippen LogP contribution in [0.2, 0.25) is 0 Å². The standard InChI is InChI=1S/C10H16O2/c1-3-5-9(6-4-2)7-8-10(11)12/h3,5-6H,4,7-8H2,1-2H3,(H,11,12)/b5-3-,9-6+. The Bertz CT molecular complexity index is 190. The molecule has 2 nitrogen and oxygen atoms in total. The van der Waals surface area contributed by atoms with Crippen molar-refractivity contribution in [3.8, 4) is 0 Å². The van der Waals surface area contributed by atoms with E-state index >= 15 is 0 Å². The molecule has 0 atom stereocenters. The lowest BCUT2D eigenvalue weighted by molar-refractivity contribution is -0.136. The van der Waals surface area contributed by atoms with Crippen molar-refractivity contribution in [3.63, 3.8) is 0 Å². The zero-order valence-corrected chi connectivity index (χ0v) is 7.71. The molecule has 0 spiro atoms. The van der Waals surface area contributed by atoms with Gasteiger partial charge in [-0.2, -0.15) is 0 Å². The van der Waals surface area contributed by atoms with Crippen LogP contribution in [-0.2, 0) is 4.79 Å². The van der Waals surface area contributed by atoms with Gasteiger partial charge in [-0.25, -0.2) is 0 Å². The molecule has 0 aromatic rings. The maximum atomic E-state index is 10.3. The first-order chi connectivity index (χ1) is 5.70. The lowest BCUT2D eigenvalue weighted by Gasteiger charge is -1.97. The Labute approximate surface area is 73.6 Å². The minimum atomic E-state index is -0.735. The summed E-state index contributed by atoms with van der Waals surface area (Å²) in [5.41, 5.74) is 1.11. The van der Waals surface area contributed by atoms with E-state index < -0.39 is 5.97 Å². The highest BCUT2D eigenvalue weighted by molar-refractivity contribution is 5.67. The zero-order chi connectivity index (χ0) is 9.40. The molecule has 68 valence electrons. The van der Waals surface area contributed by atoms with Gasteiger partial charge in [-0.05, 0) is 19.8 Å². The summed E-state index contributed by atoms with van der Waals surface area (Å²) in [6.45, 7) is 3.98. The fraction of sp³-hybridized carbons (Fsp3) is 0.500. The van der Waals surface area contributed by atoms with Crippen LogP contribution in [0, 0.1) is 0 Å². The summed E-state index contributed by atoms with van der Waals surface area (Å²) in [5.74, 6) is -0.735. The molecule has 2 heteroatoms. The third-order valence-electron chi connectivity index (χ3n) is 1.47. The van der Waals surface area contributed by atoms with Gasteiger partial charge in [0.25, 0.3) is 0 Å². The second-order valence-electron chi connectivity index (χ2n) is 2.58. The van der Waals surface area contributed by atoms with E-state index in [2.05, 4.69) is 6.08 Å². The average Bonchev–Trinajstić information content (AvgIpc) is 2.01. The Hall–Kier alpha value is -1.05. The molecule has 0 aromatic carbocycles. The van der Waals surface area contributed by atoms with Crippen molar-refractivity contribution < 1.29 is 9.90 Å². The summed E-state index contributed by atoms with van der Waals surface area (Å²) >= 11 is 0. The summed E-state index contributed by atoms with van der Waals surface area (Å²) in [7, 11) is 0. The Morgan fingerprint density at radius 3 is 2.50 bits per heavy atom. The minimum Gasteiger partial charge on any atom is -0.481 e. The fourth-order valence-corrected chi connectivity index (χ4v) is 0.981. The van der Waals surface area contributed by atoms with Crippen LogP contribution in [0.25, 0.3) is 0 Å². The summed E-state index contributed by atoms with van der Waals surface area (Å²) in [5, 5.41) is 8.45. The first kappa shape index (κ1) is 11.0. The highest BCUT2D eigenvalue weighted by Crippen LogP contribution is 2.07. The SMILES string of the molecule is C/C=C\C(=C/CC)CCC(=O)O. The summed E-state index contributed by atoms with van der Waals surface area (Å²) in [6.07, 6.45) is 7.77. The molecule has 0 unspecified atom stereocenters. The molecule has 0 aliphatic heterocycles. The first-order valence-electron chi connectivity index (χ1n) is 4.24. The molecule has 0 saturated carbocycles. The Kier molecular flexibility index (Phi) is 6.07. The van der Waals surface area contributed by atoms with Crippen molar-refractivity contribution in [2.24, 2.45) is 0 Å². The molecule has 0 heterocycles. The van der Waals surface area contributed by atoms with Crippen LogP contribution in [0.15, 0.2) is 23.8 Å². The average molecular weight is 168 g/mol. The lowest BCUT2D eigenvalue weighted by atomic mass is 10.1. The van der Waals surface area contributed by atoms with Crippen LogP contribution in [0.1, 0.15) is 33.1 Å². The van der Waals surface area contributed by atoms with Crippen LogP contribution in [0.4, 0.5) is 0 Å². The molecule has 0 amide bonds. The number of aliphatic carboxylic acids is 1. The lowest BCUT2D eigenvalue weighted by Crippen LogP contribution is -1.94. The monoisotopic (exact) mass is 168 g/mol. The third-order valence-corrected chi connectivity index (χ3v) is 1.47. The molecular formula is C10H16O2. The van der Waals surface area contributed by atoms with Gasteiger partial charge in [0.05, 0.1) is 0 Å². The number of carbonyl (C=O) groups is 1. The van der Waals surface area contributed by atoms with Crippen LogP contribution in [0.5, 0.6) is 0 Å². The van der Waals surface area contributed by atoms with E-state index in [4.69, 9.17) is 5.11 Å². The normalized spacial score (nSPS) is 12.3. The summed E-state index contributed by atoms with van der Waals surface area (Å²) in [4.78, 5) is 10.3. The second kappa shape index (κ2) is 6.65. The van der Waals surface area contributed by atoms with Crippen molar-refractivity contribution in [1.29, 1.82) is 0 Å². The van der Waals surface area contributed by atoms with E-state index in [1.807, 2.05) is 26.0 Å². The van der Waals surface area contributed by atoms with Gasteiger partial charge in [0.1, 0.15) is 0 Å². The van der Waals surface area contributed by atoms with Crippen molar-refractivity contribution in [3.05, 3.63) is 23.8 Å². The number of carboxylic acids is 1. The molecular weight excluding hydrogens is 152 g/mol. The van der Waals surface area contributed by atoms with Gasteiger partial charge in [-0.15, -0.1) is 0 Å². The molecule has 0 radical (unpaired) electrons. The number of hydrogen-bond acceptors (Lipinski definition) is 1. The molecule has 0 aliphatic rings. The van der Waals surface area contributed by atoms with Gasteiger partial charge >= 0.3 is 5.97 Å². The van der Waals surface area contributed by atoms with E-state index in [1.54, 1.807) is 0 Å². The fourth-order valence-electron chi connectivity index (χ4n) is 0.981. The molecule has 0 fully saturated rings. The highest BCUT2D eigenvalue weighted by atomic mass is 16.4. The highest BCUT2D eigenvalue weighted by Gasteiger charge is 1.97. The van der Waals surface area contributed by atoms with Gasteiger partial charge in [0.2, 0.25) is 0 Å². The van der Waals surface area contributed by atoms with Crippen molar-refractivity contribution in [1.82, 2.24) is 0 Å². The van der Waals surface area contributed by atoms with E-state index in [1.165, 1.54) is 0 Å². The van der Waals surface area contributed by atoms with Gasteiger partial charge in [0, 0.05) is 6.42 Å². The van der Waals surface area contributed by atoms with Crippen LogP contribution < -0.4 is 0 Å². The van der Waals surface area contributed by atoms with E-state index in [0.717, 1.165) is 12.0 Å². The number of rotatable bonds is 5. The van der Waals surface area contributed by atoms with Crippen LogP contribution >= 0.6 is 0 Å². The van der Waals surface area contributed by atoms with Gasteiger partial charge in [-0.1, -0.05) is 30.7 Å². The summed E-state index contributed by atoms with van der Waals surface area (Å²) < 4.78 is 0. The smallest absolute Gasteiger partial charge is 0.303 e. The predicted octanol–water partition coefficient (Wildman–Crippen LogP) is 2.76. The van der Waals surface area contributed by atoms with Gasteiger partial charge in [-0.3, -0.25) is 4.79 Å². The molecule has 0 rings (SSSR count). The Morgan fingerprint density at radius 2 is 2.08 bits per heavy atom. The van der Waals surface area contributed by atoms with E-state index in [9.17, 15) is 4.79 Å². The number of hydrogen-bond donors (Lipinski definition) is 1. The minimum absolute atomic E-state index is 0.218. The molecule has 0 saturated heterocycles. The van der Waals surface area contributed by atoms with E-state index in [0.29, 0.717) is 6.42 Å². The van der Waals surface area contributed by atoms with Crippen molar-refractivity contribution in [2.45, 2.75) is 33.1 Å². The maximum absolute atomic E-state index is 10.3. The molecule has 0 aromatic heterocycles. The number of carboxylic acid groups (broad SMARTS) is 1. The quantitative estimate of drug-likeness (QED) is 0.641. The zero-order valence-electron chi connectivity index (χ0n) is 7.71. The molecule has 0 bridgehead atoms. The molecule has 12 heavy (non-hydrogen) atoms. The maximum Gasteiger partial charge on any atom is 0.303 e. The number of allylic oxidation sites excluding steroid dienone is 4. The largest absolute Gasteiger partial charge is 0.481 e. The van der Waals surface area contributed by atoms with Crippen molar-refractivity contribution in [2.75, 3.05) is 0 Å². The Balaban J connectivity index is 3.96. The van der Waals surface area contributed by atoms with Gasteiger partial charge in [0.15, 0.2) is 0 Å². The third kappa shape index (κ3) is 5.71. The summed E-state index contributed by atoms with van der Waals surface area (Å²) in [6, 6.07) is 0. The molecule has 1 N–H and O–H groups in total. The predicted molar refractivity (Wildman–Crippen MR) is 50.1 cm³/mol. The van der Waals surface area contributed by atoms with Crippen LogP contribution in [0.3, 0.4) is 0 Å². The van der Waals surface area contributed by atoms with Crippen molar-refractivity contribution >= 4 is 5.97 Å². The Morgan fingerprint density at radius 1 is 1.42 bits per heavy atom. The van der Waals surface area contributed by atoms with Gasteiger partial charge < -0.3 is 5.11 Å². The van der Waals surface area contributed by atoms with Crippen LogP contribution in [-0.4, -0.2) is 11.1 Å². The first-order valence-corrected chi connectivity index (χ1v) is 4.24. The van der Waals surface area contributed by atoms with E-state index in [-0.39, 0.29) is 6.42 Å². The topological polar surface area (TPSA) is 37.3 Å². The second-order valence-corrected chi connectivity index (χ2v) is 2.58. The molecule has 0 aliphatic carbocycles.